The van der Waals surface area contributed by atoms with Gasteiger partial charge >= 0.3 is 0 Å². The highest BCUT2D eigenvalue weighted by Crippen LogP contribution is 2.27. The fourth-order valence-electron chi connectivity index (χ4n) is 1.19. The number of nitrogens with zero attached hydrogens (tertiary/aromatic N) is 1. The molecule has 4 nitrogen and oxygen atoms in total. The first-order chi connectivity index (χ1) is 8.15. The summed E-state index contributed by atoms with van der Waals surface area (Å²) >= 11 is 7.30. The summed E-state index contributed by atoms with van der Waals surface area (Å²) < 4.78 is 0. The first-order valence-corrected chi connectivity index (χ1v) is 6.37. The van der Waals surface area contributed by atoms with Crippen LogP contribution in [0.25, 0.3) is 0 Å². The van der Waals surface area contributed by atoms with Crippen molar-refractivity contribution in [3.63, 3.8) is 0 Å². The summed E-state index contributed by atoms with van der Waals surface area (Å²) in [5, 5.41) is 14.1. The van der Waals surface area contributed by atoms with E-state index in [0.717, 1.165) is 5.75 Å². The van der Waals surface area contributed by atoms with Crippen molar-refractivity contribution in [3.8, 4) is 12.3 Å². The lowest BCUT2D eigenvalue weighted by Crippen LogP contribution is -2.06. The molecule has 0 aliphatic heterocycles. The molecule has 0 unspecified atom stereocenters. The third-order valence-electron chi connectivity index (χ3n) is 1.90. The summed E-state index contributed by atoms with van der Waals surface area (Å²) in [5.74, 6) is 3.95. The monoisotopic (exact) mass is 270 g/mol. The highest BCUT2D eigenvalue weighted by atomic mass is 35.5. The Labute approximate surface area is 109 Å². The molecule has 0 saturated carbocycles. The van der Waals surface area contributed by atoms with E-state index in [-0.39, 0.29) is 5.69 Å². The van der Waals surface area contributed by atoms with Gasteiger partial charge in [0.05, 0.1) is 10.7 Å². The van der Waals surface area contributed by atoms with Crippen molar-refractivity contribution in [2.75, 3.05) is 23.4 Å². The van der Waals surface area contributed by atoms with Gasteiger partial charge in [-0.15, -0.1) is 18.2 Å². The zero-order valence-corrected chi connectivity index (χ0v) is 10.6. The smallest absolute Gasteiger partial charge is 0.293 e. The van der Waals surface area contributed by atoms with Crippen LogP contribution in [0.4, 0.5) is 11.4 Å². The van der Waals surface area contributed by atoms with Gasteiger partial charge < -0.3 is 5.32 Å². The first kappa shape index (κ1) is 13.7. The number of thioether (sulfide) groups is 1. The van der Waals surface area contributed by atoms with E-state index in [4.69, 9.17) is 18.0 Å². The molecule has 6 heteroatoms. The van der Waals surface area contributed by atoms with Crippen LogP contribution in [0.3, 0.4) is 0 Å². The van der Waals surface area contributed by atoms with E-state index in [1.165, 1.54) is 6.07 Å². The van der Waals surface area contributed by atoms with Crippen molar-refractivity contribution in [2.24, 2.45) is 0 Å². The van der Waals surface area contributed by atoms with Crippen molar-refractivity contribution >= 4 is 34.7 Å². The van der Waals surface area contributed by atoms with Gasteiger partial charge in [-0.1, -0.05) is 17.5 Å². The lowest BCUT2D eigenvalue weighted by Gasteiger charge is -2.06. The third-order valence-corrected chi connectivity index (χ3v) is 3.00. The summed E-state index contributed by atoms with van der Waals surface area (Å²) in [4.78, 5) is 10.3. The van der Waals surface area contributed by atoms with Crippen LogP contribution < -0.4 is 5.32 Å². The van der Waals surface area contributed by atoms with Crippen molar-refractivity contribution in [3.05, 3.63) is 33.3 Å². The maximum atomic E-state index is 10.8. The number of nitro groups is 1. The average molecular weight is 271 g/mol. The quantitative estimate of drug-likeness (QED) is 0.374. The minimum Gasteiger partial charge on any atom is -0.379 e. The molecular weight excluding hydrogens is 260 g/mol. The van der Waals surface area contributed by atoms with Crippen molar-refractivity contribution in [1.29, 1.82) is 0 Å². The molecule has 1 rings (SSSR count). The van der Waals surface area contributed by atoms with E-state index in [0.29, 0.717) is 23.0 Å². The zero-order valence-electron chi connectivity index (χ0n) is 8.98. The molecule has 0 aliphatic rings. The summed E-state index contributed by atoms with van der Waals surface area (Å²) in [6.45, 7) is 0.620. The van der Waals surface area contributed by atoms with E-state index in [1.807, 2.05) is 0 Å². The van der Waals surface area contributed by atoms with E-state index in [9.17, 15) is 10.1 Å². The van der Waals surface area contributed by atoms with Crippen LogP contribution in [0.2, 0.25) is 5.02 Å². The molecule has 1 N–H and O–H groups in total. The maximum Gasteiger partial charge on any atom is 0.293 e. The number of hydrogen-bond donors (Lipinski definition) is 1. The number of hydrogen-bond acceptors (Lipinski definition) is 4. The third kappa shape index (κ3) is 4.55. The molecule has 0 spiro atoms. The van der Waals surface area contributed by atoms with Crippen LogP contribution in [-0.4, -0.2) is 23.0 Å². The van der Waals surface area contributed by atoms with Gasteiger partial charge in [-0.05, 0) is 12.1 Å². The summed E-state index contributed by atoms with van der Waals surface area (Å²) in [5.41, 5.74) is 0.458. The van der Waals surface area contributed by atoms with Gasteiger partial charge in [-0.3, -0.25) is 10.1 Å². The highest BCUT2D eigenvalue weighted by molar-refractivity contribution is 7.99. The highest BCUT2D eigenvalue weighted by Gasteiger charge is 2.13. The molecular formula is C11H11ClN2O2S. The second-order valence-corrected chi connectivity index (χ2v) is 4.64. The summed E-state index contributed by atoms with van der Waals surface area (Å²) in [6, 6.07) is 4.55. The molecule has 0 atom stereocenters. The molecule has 0 fully saturated rings. The van der Waals surface area contributed by atoms with Crippen LogP contribution in [0.5, 0.6) is 0 Å². The Kier molecular flexibility index (Phi) is 5.67. The first-order valence-electron chi connectivity index (χ1n) is 4.84. The fraction of sp³-hybridized carbons (Fsp3) is 0.273. The van der Waals surface area contributed by atoms with E-state index in [1.54, 1.807) is 23.9 Å². The second kappa shape index (κ2) is 7.05. The zero-order chi connectivity index (χ0) is 12.7. The van der Waals surface area contributed by atoms with E-state index >= 15 is 0 Å². The Morgan fingerprint density at radius 3 is 3.00 bits per heavy atom. The topological polar surface area (TPSA) is 55.2 Å². The predicted molar refractivity (Wildman–Crippen MR) is 72.8 cm³/mol. The van der Waals surface area contributed by atoms with Gasteiger partial charge in [0, 0.05) is 23.4 Å². The predicted octanol–water partition coefficient (Wildman–Crippen LogP) is 3.03. The second-order valence-electron chi connectivity index (χ2n) is 3.10. The Bertz CT molecular complexity index is 446. The number of anilines is 1. The van der Waals surface area contributed by atoms with Crippen LogP contribution in [0, 0.1) is 22.5 Å². The normalized spacial score (nSPS) is 9.65. The van der Waals surface area contributed by atoms with Gasteiger partial charge in [0.1, 0.15) is 5.69 Å². The van der Waals surface area contributed by atoms with Gasteiger partial charge in [0.2, 0.25) is 0 Å². The molecule has 0 amide bonds. The van der Waals surface area contributed by atoms with Gasteiger partial charge in [-0.2, -0.15) is 0 Å². The molecule has 0 radical (unpaired) electrons. The van der Waals surface area contributed by atoms with Gasteiger partial charge in [-0.25, -0.2) is 0 Å². The molecule has 0 bridgehead atoms. The van der Waals surface area contributed by atoms with Crippen LogP contribution >= 0.6 is 23.4 Å². The number of rotatable bonds is 6. The standard InChI is InChI=1S/C11H11ClN2O2S/c1-2-6-17-7-5-13-10-4-3-9(12)8-11(10)14(15)16/h1,3-4,8,13H,5-7H2. The molecule has 0 aliphatic carbocycles. The minimum absolute atomic E-state index is 0.0144. The number of nitro benzene ring substituents is 1. The molecule has 0 heterocycles. The maximum absolute atomic E-state index is 10.8. The van der Waals surface area contributed by atoms with E-state index in [2.05, 4.69) is 11.2 Å². The number of benzene rings is 1. The van der Waals surface area contributed by atoms with Gasteiger partial charge in [0.25, 0.3) is 5.69 Å². The van der Waals surface area contributed by atoms with E-state index < -0.39 is 4.92 Å². The van der Waals surface area contributed by atoms with Crippen molar-refractivity contribution in [1.82, 2.24) is 0 Å². The molecule has 0 aromatic heterocycles. The SMILES string of the molecule is C#CCSCCNc1ccc(Cl)cc1[N+](=O)[O-]. The molecule has 1 aromatic carbocycles. The Morgan fingerprint density at radius 1 is 1.59 bits per heavy atom. The molecule has 90 valence electrons. The largest absolute Gasteiger partial charge is 0.379 e. The lowest BCUT2D eigenvalue weighted by molar-refractivity contribution is -0.383. The van der Waals surface area contributed by atoms with Gasteiger partial charge in [0.15, 0.2) is 0 Å². The molecule has 17 heavy (non-hydrogen) atoms. The lowest BCUT2D eigenvalue weighted by atomic mass is 10.2. The van der Waals surface area contributed by atoms with Crippen molar-refractivity contribution < 1.29 is 4.92 Å². The average Bonchev–Trinajstić information content (AvgIpc) is 2.30. The minimum atomic E-state index is -0.456. The van der Waals surface area contributed by atoms with Crippen molar-refractivity contribution in [2.45, 2.75) is 0 Å². The Balaban J connectivity index is 2.59. The van der Waals surface area contributed by atoms with Crippen LogP contribution in [0.1, 0.15) is 0 Å². The molecule has 0 saturated heterocycles. The molecule has 1 aromatic rings. The Hall–Kier alpha value is -1.38. The van der Waals surface area contributed by atoms with Crippen LogP contribution in [0.15, 0.2) is 18.2 Å². The number of terminal acetylenes is 1. The summed E-state index contributed by atoms with van der Waals surface area (Å²) in [7, 11) is 0. The fourth-order valence-corrected chi connectivity index (χ4v) is 1.87. The van der Waals surface area contributed by atoms with Crippen LogP contribution in [-0.2, 0) is 0 Å². The number of halogens is 1. The Morgan fingerprint density at radius 2 is 2.35 bits per heavy atom. The number of nitrogens with one attached hydrogen (secondary N) is 1. The summed E-state index contributed by atoms with van der Waals surface area (Å²) in [6.07, 6.45) is 5.11.